The Hall–Kier alpha value is -4.28. The van der Waals surface area contributed by atoms with Crippen molar-refractivity contribution in [1.82, 2.24) is 9.91 Å². The largest absolute Gasteiger partial charge is 0.465 e. The number of hydrogen-bond acceptors (Lipinski definition) is 9. The highest BCUT2D eigenvalue weighted by Gasteiger charge is 2.55. The lowest BCUT2D eigenvalue weighted by molar-refractivity contribution is -0.134. The van der Waals surface area contributed by atoms with E-state index < -0.39 is 29.9 Å². The van der Waals surface area contributed by atoms with Crippen molar-refractivity contribution < 1.29 is 23.9 Å². The molecule has 2 aromatic carbocycles. The topological polar surface area (TPSA) is 115 Å². The van der Waals surface area contributed by atoms with Crippen LogP contribution in [0, 0.1) is 0 Å². The van der Waals surface area contributed by atoms with Crippen LogP contribution in [0.3, 0.4) is 0 Å². The Morgan fingerprint density at radius 1 is 0.943 bits per heavy atom. The van der Waals surface area contributed by atoms with Gasteiger partial charge < -0.3 is 14.5 Å². The third-order valence-electron chi connectivity index (χ3n) is 6.46. The van der Waals surface area contributed by atoms with E-state index in [0.717, 1.165) is 10.6 Å². The summed E-state index contributed by atoms with van der Waals surface area (Å²) in [6.07, 6.45) is 0. The molecular weight excluding hydrogens is 452 g/mol. The van der Waals surface area contributed by atoms with Gasteiger partial charge in [0, 0.05) is 31.9 Å². The molecule has 0 spiro atoms. The normalized spacial score (nSPS) is 21.5. The molecule has 11 nitrogen and oxygen atoms in total. The van der Waals surface area contributed by atoms with Gasteiger partial charge in [0.05, 0.1) is 18.4 Å². The molecule has 2 fully saturated rings. The Labute approximate surface area is 201 Å². The Morgan fingerprint density at radius 3 is 2.34 bits per heavy atom. The van der Waals surface area contributed by atoms with Crippen LogP contribution in [0.5, 0.6) is 0 Å². The first-order chi connectivity index (χ1) is 17.0. The molecule has 5 rings (SSSR count). The molecule has 2 saturated heterocycles. The fraction of sp³-hybridized carbons (Fsp3) is 0.333. The van der Waals surface area contributed by atoms with Gasteiger partial charge in [-0.3, -0.25) is 19.4 Å². The molecule has 2 atom stereocenters. The van der Waals surface area contributed by atoms with Crippen LogP contribution in [-0.4, -0.2) is 85.5 Å². The maximum absolute atomic E-state index is 13.3. The van der Waals surface area contributed by atoms with E-state index in [1.54, 1.807) is 17.0 Å². The van der Waals surface area contributed by atoms with Crippen molar-refractivity contribution in [2.75, 3.05) is 49.6 Å². The van der Waals surface area contributed by atoms with E-state index in [0.29, 0.717) is 26.2 Å². The summed E-state index contributed by atoms with van der Waals surface area (Å²) in [6.45, 7) is 2.30. The number of imide groups is 1. The SMILES string of the molecule is COC(=O)c1ccccc1N1C(=O)[C@H]2N=NN(CC(=O)N3CCN(c4ccccc4)CC3)[C@H]2C1=O. The fourth-order valence-corrected chi connectivity index (χ4v) is 4.63. The van der Waals surface area contributed by atoms with E-state index >= 15 is 0 Å². The van der Waals surface area contributed by atoms with Gasteiger partial charge in [-0.15, -0.1) is 0 Å². The fourth-order valence-electron chi connectivity index (χ4n) is 4.63. The van der Waals surface area contributed by atoms with E-state index in [9.17, 15) is 19.2 Å². The van der Waals surface area contributed by atoms with Gasteiger partial charge in [0.2, 0.25) is 5.91 Å². The highest BCUT2D eigenvalue weighted by Crippen LogP contribution is 2.33. The van der Waals surface area contributed by atoms with E-state index in [2.05, 4.69) is 15.2 Å². The van der Waals surface area contributed by atoms with E-state index in [1.165, 1.54) is 24.3 Å². The van der Waals surface area contributed by atoms with Crippen LogP contribution >= 0.6 is 0 Å². The zero-order chi connectivity index (χ0) is 24.5. The molecular formula is C24H24N6O5. The number of nitrogens with zero attached hydrogens (tertiary/aromatic N) is 6. The molecule has 3 aliphatic rings. The van der Waals surface area contributed by atoms with Gasteiger partial charge in [-0.25, -0.2) is 9.69 Å². The molecule has 35 heavy (non-hydrogen) atoms. The Morgan fingerprint density at radius 2 is 1.63 bits per heavy atom. The molecule has 3 amide bonds. The van der Waals surface area contributed by atoms with Crippen molar-refractivity contribution in [3.63, 3.8) is 0 Å². The summed E-state index contributed by atoms with van der Waals surface area (Å²) in [4.78, 5) is 56.4. The summed E-state index contributed by atoms with van der Waals surface area (Å²) in [5.41, 5.74) is 1.33. The summed E-state index contributed by atoms with van der Waals surface area (Å²) in [5, 5.41) is 9.21. The number of anilines is 2. The minimum Gasteiger partial charge on any atom is -0.465 e. The molecule has 2 aromatic rings. The van der Waals surface area contributed by atoms with Crippen molar-refractivity contribution in [3.05, 3.63) is 60.2 Å². The van der Waals surface area contributed by atoms with Gasteiger partial charge in [-0.1, -0.05) is 35.6 Å². The number of carbonyl (C=O) groups is 4. The third kappa shape index (κ3) is 3.98. The molecule has 180 valence electrons. The molecule has 0 radical (unpaired) electrons. The Balaban J connectivity index is 1.26. The number of hydrogen-bond donors (Lipinski definition) is 0. The van der Waals surface area contributed by atoms with Gasteiger partial charge >= 0.3 is 5.97 Å². The van der Waals surface area contributed by atoms with E-state index in [1.807, 2.05) is 30.3 Å². The van der Waals surface area contributed by atoms with Crippen LogP contribution in [0.2, 0.25) is 0 Å². The Bertz CT molecular complexity index is 1190. The van der Waals surface area contributed by atoms with Crippen LogP contribution in [0.4, 0.5) is 11.4 Å². The van der Waals surface area contributed by atoms with Crippen molar-refractivity contribution in [1.29, 1.82) is 0 Å². The number of amides is 3. The average molecular weight is 476 g/mol. The molecule has 11 heteroatoms. The van der Waals surface area contributed by atoms with Crippen molar-refractivity contribution in [2.24, 2.45) is 10.3 Å². The number of piperazine rings is 1. The lowest BCUT2D eigenvalue weighted by atomic mass is 10.1. The van der Waals surface area contributed by atoms with E-state index in [-0.39, 0.29) is 23.7 Å². The molecule has 3 aliphatic heterocycles. The van der Waals surface area contributed by atoms with Crippen molar-refractivity contribution in [3.8, 4) is 0 Å². The number of esters is 1. The highest BCUT2D eigenvalue weighted by atomic mass is 16.5. The monoisotopic (exact) mass is 476 g/mol. The summed E-state index contributed by atoms with van der Waals surface area (Å²) < 4.78 is 4.78. The number of fused-ring (bicyclic) bond motifs is 1. The van der Waals surface area contributed by atoms with Crippen molar-refractivity contribution in [2.45, 2.75) is 12.1 Å². The number of benzene rings is 2. The molecule has 0 unspecified atom stereocenters. The minimum absolute atomic E-state index is 0.0903. The first-order valence-corrected chi connectivity index (χ1v) is 11.3. The standard InChI is InChI=1S/C24H24N6O5/c1-35-24(34)17-9-5-6-10-18(17)30-22(32)20-21(23(30)33)29(26-25-20)15-19(31)28-13-11-27(12-14-28)16-7-3-2-4-8-16/h2-10,20-21H,11-15H2,1H3/t20-,21+/m0/s1. The lowest BCUT2D eigenvalue weighted by Crippen LogP contribution is -2.52. The van der Waals surface area contributed by atoms with Crippen LogP contribution in [0.1, 0.15) is 10.4 Å². The molecule has 0 aromatic heterocycles. The van der Waals surface area contributed by atoms with Gasteiger partial charge in [-0.05, 0) is 24.3 Å². The maximum atomic E-state index is 13.3. The smallest absolute Gasteiger partial charge is 0.339 e. The predicted molar refractivity (Wildman–Crippen MR) is 125 cm³/mol. The van der Waals surface area contributed by atoms with E-state index in [4.69, 9.17) is 4.74 Å². The highest BCUT2D eigenvalue weighted by molar-refractivity contribution is 6.26. The second-order valence-corrected chi connectivity index (χ2v) is 8.42. The number of ether oxygens (including phenoxy) is 1. The number of rotatable bonds is 5. The maximum Gasteiger partial charge on any atom is 0.339 e. The Kier molecular flexibility index (Phi) is 5.89. The molecule has 0 aliphatic carbocycles. The van der Waals surface area contributed by atoms with Gasteiger partial charge in [0.15, 0.2) is 12.1 Å². The van der Waals surface area contributed by atoms with Gasteiger partial charge in [0.25, 0.3) is 11.8 Å². The van der Waals surface area contributed by atoms with Crippen molar-refractivity contribution >= 4 is 35.1 Å². The van der Waals surface area contributed by atoms with Gasteiger partial charge in [-0.2, -0.15) is 5.11 Å². The molecule has 3 heterocycles. The molecule has 0 bridgehead atoms. The number of methoxy groups -OCH3 is 1. The summed E-state index contributed by atoms with van der Waals surface area (Å²) in [5.74, 6) is -2.03. The number of carbonyl (C=O) groups excluding carboxylic acids is 4. The van der Waals surface area contributed by atoms with Crippen LogP contribution in [0.25, 0.3) is 0 Å². The zero-order valence-electron chi connectivity index (χ0n) is 19.1. The first-order valence-electron chi connectivity index (χ1n) is 11.3. The summed E-state index contributed by atoms with van der Waals surface area (Å²) in [7, 11) is 1.22. The van der Waals surface area contributed by atoms with Crippen LogP contribution in [-0.2, 0) is 19.1 Å². The molecule has 0 saturated carbocycles. The quantitative estimate of drug-likeness (QED) is 0.469. The second-order valence-electron chi connectivity index (χ2n) is 8.42. The average Bonchev–Trinajstić information content (AvgIpc) is 3.42. The minimum atomic E-state index is -1.06. The molecule has 0 N–H and O–H groups in total. The number of para-hydroxylation sites is 2. The second kappa shape index (κ2) is 9.16. The summed E-state index contributed by atoms with van der Waals surface area (Å²) >= 11 is 0. The predicted octanol–water partition coefficient (Wildman–Crippen LogP) is 1.12. The van der Waals surface area contributed by atoms with Gasteiger partial charge in [0.1, 0.15) is 6.54 Å². The third-order valence-corrected chi connectivity index (χ3v) is 6.46. The van der Waals surface area contributed by atoms with Crippen LogP contribution < -0.4 is 9.80 Å². The van der Waals surface area contributed by atoms with Crippen LogP contribution in [0.15, 0.2) is 64.9 Å². The zero-order valence-corrected chi connectivity index (χ0v) is 19.1. The first kappa shape index (κ1) is 22.5. The lowest BCUT2D eigenvalue weighted by Gasteiger charge is -2.36. The summed E-state index contributed by atoms with van der Waals surface area (Å²) in [6, 6.07) is 14.1.